The fourth-order valence-corrected chi connectivity index (χ4v) is 4.03. The lowest BCUT2D eigenvalue weighted by Gasteiger charge is -2.30. The van der Waals surface area contributed by atoms with Gasteiger partial charge in [0.25, 0.3) is 5.91 Å². The number of hydrogen-bond acceptors (Lipinski definition) is 4. The highest BCUT2D eigenvalue weighted by Crippen LogP contribution is 2.27. The van der Waals surface area contributed by atoms with Gasteiger partial charge in [0, 0.05) is 69.1 Å². The second kappa shape index (κ2) is 7.96. The first-order valence-corrected chi connectivity index (χ1v) is 9.79. The standard InChI is InChI=1S/C21H25N5O2/c1-25-19-9-12-26(21(28)15-5-2-3-6-15)14-17(19)18(24-25)8-11-23-20(27)16-7-4-10-22-13-16/h2-4,7,10,13,15H,5-6,8-9,11-12,14H2,1H3,(H,23,27). The summed E-state index contributed by atoms with van der Waals surface area (Å²) in [5.74, 6) is 0.208. The van der Waals surface area contributed by atoms with Gasteiger partial charge in [0.1, 0.15) is 0 Å². The van der Waals surface area contributed by atoms with Crippen molar-refractivity contribution in [3.05, 3.63) is 59.2 Å². The van der Waals surface area contributed by atoms with Gasteiger partial charge in [-0.3, -0.25) is 19.3 Å². The minimum atomic E-state index is -0.136. The molecule has 0 bridgehead atoms. The molecule has 0 fully saturated rings. The number of hydrogen-bond donors (Lipinski definition) is 1. The van der Waals surface area contributed by atoms with Gasteiger partial charge >= 0.3 is 0 Å². The number of carbonyl (C=O) groups excluding carboxylic acids is 2. The van der Waals surface area contributed by atoms with E-state index in [9.17, 15) is 9.59 Å². The molecule has 3 heterocycles. The van der Waals surface area contributed by atoms with E-state index in [2.05, 4.69) is 27.6 Å². The van der Waals surface area contributed by atoms with Gasteiger partial charge in [0.05, 0.1) is 11.3 Å². The van der Waals surface area contributed by atoms with E-state index in [0.717, 1.165) is 37.1 Å². The van der Waals surface area contributed by atoms with Crippen LogP contribution in [0.2, 0.25) is 0 Å². The summed E-state index contributed by atoms with van der Waals surface area (Å²) in [5.41, 5.74) is 3.85. The summed E-state index contributed by atoms with van der Waals surface area (Å²) in [4.78, 5) is 30.9. The van der Waals surface area contributed by atoms with Gasteiger partial charge in [-0.25, -0.2) is 0 Å². The monoisotopic (exact) mass is 379 g/mol. The van der Waals surface area contributed by atoms with Gasteiger partial charge in [-0.05, 0) is 25.0 Å². The van der Waals surface area contributed by atoms with Gasteiger partial charge in [-0.1, -0.05) is 12.2 Å². The van der Waals surface area contributed by atoms with Crippen molar-refractivity contribution in [2.24, 2.45) is 13.0 Å². The fourth-order valence-electron chi connectivity index (χ4n) is 4.03. The van der Waals surface area contributed by atoms with E-state index in [1.807, 2.05) is 16.6 Å². The third kappa shape index (κ3) is 3.69. The zero-order valence-corrected chi connectivity index (χ0v) is 16.1. The number of rotatable bonds is 5. The average Bonchev–Trinajstić information content (AvgIpc) is 3.37. The first kappa shape index (κ1) is 18.4. The van der Waals surface area contributed by atoms with Crippen molar-refractivity contribution in [1.82, 2.24) is 25.0 Å². The summed E-state index contributed by atoms with van der Waals surface area (Å²) >= 11 is 0. The van der Waals surface area contributed by atoms with Crippen LogP contribution < -0.4 is 5.32 Å². The molecule has 2 aromatic rings. The quantitative estimate of drug-likeness (QED) is 0.801. The van der Waals surface area contributed by atoms with Crippen LogP contribution in [0.1, 0.15) is 40.2 Å². The molecule has 2 amide bonds. The maximum atomic E-state index is 12.8. The largest absolute Gasteiger partial charge is 0.352 e. The Bertz CT molecular complexity index is 895. The van der Waals surface area contributed by atoms with Crippen molar-refractivity contribution < 1.29 is 9.59 Å². The van der Waals surface area contributed by atoms with Crippen molar-refractivity contribution in [1.29, 1.82) is 0 Å². The van der Waals surface area contributed by atoms with Crippen molar-refractivity contribution in [3.63, 3.8) is 0 Å². The lowest BCUT2D eigenvalue weighted by molar-refractivity contribution is -0.136. The number of aromatic nitrogens is 3. The summed E-state index contributed by atoms with van der Waals surface area (Å²) in [7, 11) is 1.95. The predicted octanol–water partition coefficient (Wildman–Crippen LogP) is 1.64. The number of carbonyl (C=O) groups is 2. The van der Waals surface area contributed by atoms with E-state index < -0.39 is 0 Å². The molecule has 2 aromatic heterocycles. The van der Waals surface area contributed by atoms with Gasteiger partial charge < -0.3 is 10.2 Å². The lowest BCUT2D eigenvalue weighted by atomic mass is 10.00. The Balaban J connectivity index is 1.39. The number of pyridine rings is 1. The van der Waals surface area contributed by atoms with E-state index in [-0.39, 0.29) is 17.7 Å². The van der Waals surface area contributed by atoms with Crippen molar-refractivity contribution in [3.8, 4) is 0 Å². The zero-order chi connectivity index (χ0) is 19.5. The summed E-state index contributed by atoms with van der Waals surface area (Å²) in [6.07, 6.45) is 10.6. The summed E-state index contributed by atoms with van der Waals surface area (Å²) in [5, 5.41) is 7.58. The lowest BCUT2D eigenvalue weighted by Crippen LogP contribution is -2.39. The van der Waals surface area contributed by atoms with Crippen LogP contribution in [0.15, 0.2) is 36.7 Å². The molecule has 2 aliphatic rings. The molecule has 4 rings (SSSR count). The molecule has 1 aliphatic heterocycles. The van der Waals surface area contributed by atoms with Crippen LogP contribution in [0, 0.1) is 5.92 Å². The minimum absolute atomic E-state index is 0.0976. The molecular formula is C21H25N5O2. The molecule has 0 saturated carbocycles. The molecule has 1 aliphatic carbocycles. The maximum absolute atomic E-state index is 12.8. The third-order valence-corrected chi connectivity index (χ3v) is 5.57. The predicted molar refractivity (Wildman–Crippen MR) is 104 cm³/mol. The number of nitrogens with zero attached hydrogens (tertiary/aromatic N) is 4. The van der Waals surface area contributed by atoms with Gasteiger partial charge in [0.15, 0.2) is 0 Å². The summed E-state index contributed by atoms with van der Waals surface area (Å²) < 4.78 is 1.92. The molecule has 28 heavy (non-hydrogen) atoms. The second-order valence-corrected chi connectivity index (χ2v) is 7.39. The highest BCUT2D eigenvalue weighted by molar-refractivity contribution is 5.93. The number of amides is 2. The van der Waals surface area contributed by atoms with Crippen LogP contribution in [-0.2, 0) is 31.2 Å². The van der Waals surface area contributed by atoms with E-state index in [1.165, 1.54) is 5.69 Å². The molecule has 0 aromatic carbocycles. The summed E-state index contributed by atoms with van der Waals surface area (Å²) in [6, 6.07) is 3.49. The molecule has 0 saturated heterocycles. The van der Waals surface area contributed by atoms with Crippen molar-refractivity contribution in [2.75, 3.05) is 13.1 Å². The Morgan fingerprint density at radius 2 is 2.11 bits per heavy atom. The number of aryl methyl sites for hydroxylation is 1. The third-order valence-electron chi connectivity index (χ3n) is 5.57. The van der Waals surface area contributed by atoms with Crippen LogP contribution in [0.4, 0.5) is 0 Å². The number of fused-ring (bicyclic) bond motifs is 1. The van der Waals surface area contributed by atoms with E-state index in [1.54, 1.807) is 24.5 Å². The Morgan fingerprint density at radius 1 is 1.29 bits per heavy atom. The molecule has 0 spiro atoms. The van der Waals surface area contributed by atoms with Crippen LogP contribution in [0.3, 0.4) is 0 Å². The first-order chi connectivity index (χ1) is 13.6. The van der Waals surface area contributed by atoms with Crippen LogP contribution in [0.5, 0.6) is 0 Å². The van der Waals surface area contributed by atoms with Crippen LogP contribution in [-0.4, -0.2) is 44.6 Å². The molecule has 146 valence electrons. The van der Waals surface area contributed by atoms with E-state index >= 15 is 0 Å². The molecule has 0 radical (unpaired) electrons. The van der Waals surface area contributed by atoms with Crippen molar-refractivity contribution >= 4 is 11.8 Å². The van der Waals surface area contributed by atoms with E-state index in [0.29, 0.717) is 25.1 Å². The molecule has 0 unspecified atom stereocenters. The summed E-state index contributed by atoms with van der Waals surface area (Å²) in [6.45, 7) is 1.86. The van der Waals surface area contributed by atoms with Gasteiger partial charge in [-0.15, -0.1) is 0 Å². The fraction of sp³-hybridized carbons (Fsp3) is 0.429. The average molecular weight is 379 g/mol. The van der Waals surface area contributed by atoms with Crippen LogP contribution in [0.25, 0.3) is 0 Å². The maximum Gasteiger partial charge on any atom is 0.252 e. The van der Waals surface area contributed by atoms with Crippen molar-refractivity contribution in [2.45, 2.75) is 32.2 Å². The minimum Gasteiger partial charge on any atom is -0.352 e. The normalized spacial score (nSPS) is 16.2. The number of allylic oxidation sites excluding steroid dienone is 2. The Kier molecular flexibility index (Phi) is 5.23. The Labute approximate surface area is 164 Å². The smallest absolute Gasteiger partial charge is 0.252 e. The zero-order valence-electron chi connectivity index (χ0n) is 16.1. The second-order valence-electron chi connectivity index (χ2n) is 7.39. The molecule has 7 heteroatoms. The SMILES string of the molecule is Cn1nc(CCNC(=O)c2cccnc2)c2c1CCN(C(=O)C1CC=CC1)C2. The number of nitrogens with one attached hydrogen (secondary N) is 1. The Hall–Kier alpha value is -2.96. The highest BCUT2D eigenvalue weighted by atomic mass is 16.2. The molecule has 7 nitrogen and oxygen atoms in total. The van der Waals surface area contributed by atoms with Crippen LogP contribution >= 0.6 is 0 Å². The molecule has 1 N–H and O–H groups in total. The topological polar surface area (TPSA) is 80.1 Å². The first-order valence-electron chi connectivity index (χ1n) is 9.79. The highest BCUT2D eigenvalue weighted by Gasteiger charge is 2.30. The van der Waals surface area contributed by atoms with E-state index in [4.69, 9.17) is 0 Å². The van der Waals surface area contributed by atoms with Gasteiger partial charge in [0.2, 0.25) is 5.91 Å². The molecule has 0 atom stereocenters. The van der Waals surface area contributed by atoms with Gasteiger partial charge in [-0.2, -0.15) is 5.10 Å². The Morgan fingerprint density at radius 3 is 2.86 bits per heavy atom. The molecular weight excluding hydrogens is 354 g/mol.